The van der Waals surface area contributed by atoms with Gasteiger partial charge in [0, 0.05) is 17.6 Å². The first-order chi connectivity index (χ1) is 14.0. The van der Waals surface area contributed by atoms with Crippen molar-refractivity contribution in [2.45, 2.75) is 26.9 Å². The van der Waals surface area contributed by atoms with Gasteiger partial charge >= 0.3 is 0 Å². The molecule has 0 saturated heterocycles. The molecule has 1 amide bonds. The second kappa shape index (κ2) is 7.63. The summed E-state index contributed by atoms with van der Waals surface area (Å²) in [5, 5.41) is 3.73. The van der Waals surface area contributed by atoms with E-state index < -0.39 is 0 Å². The zero-order valence-electron chi connectivity index (χ0n) is 16.4. The highest BCUT2D eigenvalue weighted by atomic mass is 32.1. The highest BCUT2D eigenvalue weighted by molar-refractivity contribution is 7.25. The number of hydrogen-bond acceptors (Lipinski definition) is 6. The Bertz CT molecular complexity index is 1280. The fourth-order valence-electron chi connectivity index (χ4n) is 3.27. The van der Waals surface area contributed by atoms with E-state index in [0.29, 0.717) is 16.8 Å². The van der Waals surface area contributed by atoms with Crippen LogP contribution in [0.4, 0.5) is 0 Å². The van der Waals surface area contributed by atoms with Crippen molar-refractivity contribution in [2.24, 2.45) is 0 Å². The average Bonchev–Trinajstić information content (AvgIpc) is 3.08. The molecule has 4 rings (SSSR count). The van der Waals surface area contributed by atoms with Gasteiger partial charge in [-0.2, -0.15) is 0 Å². The Morgan fingerprint density at radius 3 is 2.72 bits per heavy atom. The third-order valence-corrected chi connectivity index (χ3v) is 5.77. The van der Waals surface area contributed by atoms with Gasteiger partial charge in [0.05, 0.1) is 19.0 Å². The van der Waals surface area contributed by atoms with Gasteiger partial charge < -0.3 is 10.1 Å². The summed E-state index contributed by atoms with van der Waals surface area (Å²) in [6, 6.07) is 9.42. The average molecular weight is 408 g/mol. The van der Waals surface area contributed by atoms with E-state index >= 15 is 0 Å². The van der Waals surface area contributed by atoms with Crippen molar-refractivity contribution < 1.29 is 9.53 Å². The number of fused-ring (bicyclic) bond motifs is 3. The summed E-state index contributed by atoms with van der Waals surface area (Å²) < 4.78 is 6.98. The molecule has 0 saturated carbocycles. The lowest BCUT2D eigenvalue weighted by Crippen LogP contribution is -2.31. The minimum atomic E-state index is -0.254. The molecule has 0 atom stereocenters. The van der Waals surface area contributed by atoms with Crippen molar-refractivity contribution in [1.82, 2.24) is 19.9 Å². The summed E-state index contributed by atoms with van der Waals surface area (Å²) >= 11 is 1.32. The largest absolute Gasteiger partial charge is 0.497 e. The maximum Gasteiger partial charge on any atom is 0.271 e. The molecule has 1 aromatic carbocycles. The lowest BCUT2D eigenvalue weighted by atomic mass is 10.1. The maximum absolute atomic E-state index is 12.9. The molecule has 0 aliphatic rings. The summed E-state index contributed by atoms with van der Waals surface area (Å²) in [6.07, 6.45) is 1.43. The standard InChI is InChI=1S/C21H20N4O3S/c1-12-8-13(2)24-20-17(12)18-19(29-20)21(27)25(11-23-18)10-16(26)22-9-14-4-6-15(28-3)7-5-14/h4-8,11H,9-10H2,1-3H3,(H,22,26). The third kappa shape index (κ3) is 3.71. The Hall–Kier alpha value is -3.26. The van der Waals surface area contributed by atoms with E-state index in [1.807, 2.05) is 44.2 Å². The predicted molar refractivity (Wildman–Crippen MR) is 113 cm³/mol. The highest BCUT2D eigenvalue weighted by Gasteiger charge is 2.16. The molecular formula is C21H20N4O3S. The van der Waals surface area contributed by atoms with Crippen molar-refractivity contribution >= 4 is 37.7 Å². The zero-order chi connectivity index (χ0) is 20.5. The van der Waals surface area contributed by atoms with Crippen LogP contribution in [0.25, 0.3) is 20.4 Å². The van der Waals surface area contributed by atoms with Crippen LogP contribution in [-0.4, -0.2) is 27.6 Å². The molecule has 0 aliphatic carbocycles. The molecule has 7 nitrogen and oxygen atoms in total. The van der Waals surface area contributed by atoms with Crippen molar-refractivity contribution in [3.05, 3.63) is 63.8 Å². The number of carbonyl (C=O) groups excluding carboxylic acids is 1. The van der Waals surface area contributed by atoms with E-state index in [2.05, 4.69) is 15.3 Å². The van der Waals surface area contributed by atoms with Crippen LogP contribution in [0.1, 0.15) is 16.8 Å². The number of amides is 1. The second-order valence-electron chi connectivity index (χ2n) is 6.84. The molecule has 148 valence electrons. The molecule has 0 unspecified atom stereocenters. The number of rotatable bonds is 5. The molecule has 0 bridgehead atoms. The van der Waals surface area contributed by atoms with Crippen LogP contribution in [0.3, 0.4) is 0 Å². The molecule has 0 aliphatic heterocycles. The molecular weight excluding hydrogens is 388 g/mol. The lowest BCUT2D eigenvalue weighted by molar-refractivity contribution is -0.121. The minimum Gasteiger partial charge on any atom is -0.497 e. The molecule has 4 aromatic rings. The number of ether oxygens (including phenoxy) is 1. The van der Waals surface area contributed by atoms with E-state index in [4.69, 9.17) is 4.74 Å². The Morgan fingerprint density at radius 1 is 1.24 bits per heavy atom. The van der Waals surface area contributed by atoms with Crippen LogP contribution in [-0.2, 0) is 17.9 Å². The Balaban J connectivity index is 1.55. The van der Waals surface area contributed by atoms with Gasteiger partial charge in [-0.25, -0.2) is 9.97 Å². The van der Waals surface area contributed by atoms with Gasteiger partial charge in [0.2, 0.25) is 5.91 Å². The Morgan fingerprint density at radius 2 is 2.00 bits per heavy atom. The van der Waals surface area contributed by atoms with Crippen LogP contribution >= 0.6 is 11.3 Å². The Kier molecular flexibility index (Phi) is 5.02. The van der Waals surface area contributed by atoms with Gasteiger partial charge in [-0.05, 0) is 43.2 Å². The predicted octanol–water partition coefficient (Wildman–Crippen LogP) is 2.95. The van der Waals surface area contributed by atoms with Crippen LogP contribution in [0, 0.1) is 13.8 Å². The van der Waals surface area contributed by atoms with Crippen molar-refractivity contribution in [2.75, 3.05) is 7.11 Å². The number of methoxy groups -OCH3 is 1. The molecule has 0 fully saturated rings. The number of carbonyl (C=O) groups is 1. The summed E-state index contributed by atoms with van der Waals surface area (Å²) in [5.41, 5.74) is 3.31. The molecule has 0 radical (unpaired) electrons. The quantitative estimate of drug-likeness (QED) is 0.549. The molecule has 3 aromatic heterocycles. The second-order valence-corrected chi connectivity index (χ2v) is 7.84. The number of thiophene rings is 1. The number of hydrogen-bond donors (Lipinski definition) is 1. The third-order valence-electron chi connectivity index (χ3n) is 4.71. The van der Waals surface area contributed by atoms with E-state index in [1.165, 1.54) is 22.2 Å². The smallest absolute Gasteiger partial charge is 0.271 e. The van der Waals surface area contributed by atoms with Gasteiger partial charge in [0.25, 0.3) is 5.56 Å². The van der Waals surface area contributed by atoms with Crippen LogP contribution in [0.2, 0.25) is 0 Å². The lowest BCUT2D eigenvalue weighted by Gasteiger charge is -2.08. The Labute approximate surface area is 171 Å². The molecule has 1 N–H and O–H groups in total. The van der Waals surface area contributed by atoms with E-state index in [9.17, 15) is 9.59 Å². The van der Waals surface area contributed by atoms with Crippen molar-refractivity contribution in [3.8, 4) is 5.75 Å². The molecule has 8 heteroatoms. The molecule has 29 heavy (non-hydrogen) atoms. The maximum atomic E-state index is 12.9. The van der Waals surface area contributed by atoms with Crippen LogP contribution in [0.5, 0.6) is 5.75 Å². The number of pyridine rings is 1. The van der Waals surface area contributed by atoms with E-state index in [-0.39, 0.29) is 18.0 Å². The SMILES string of the molecule is COc1ccc(CNC(=O)Cn2cnc3c(sc4nc(C)cc(C)c43)c2=O)cc1. The summed E-state index contributed by atoms with van der Waals surface area (Å²) in [5.74, 6) is 0.504. The normalized spacial score (nSPS) is 11.1. The first-order valence-electron chi connectivity index (χ1n) is 9.12. The fraction of sp³-hybridized carbons (Fsp3) is 0.238. The number of benzene rings is 1. The number of aromatic nitrogens is 3. The van der Waals surface area contributed by atoms with Gasteiger partial charge in [-0.15, -0.1) is 11.3 Å². The minimum absolute atomic E-state index is 0.0857. The van der Waals surface area contributed by atoms with Gasteiger partial charge in [-0.3, -0.25) is 14.2 Å². The van der Waals surface area contributed by atoms with Gasteiger partial charge in [0.1, 0.15) is 21.8 Å². The monoisotopic (exact) mass is 408 g/mol. The highest BCUT2D eigenvalue weighted by Crippen LogP contribution is 2.31. The topological polar surface area (TPSA) is 86.1 Å². The summed E-state index contributed by atoms with van der Waals surface area (Å²) in [7, 11) is 1.61. The van der Waals surface area contributed by atoms with Crippen molar-refractivity contribution in [1.29, 1.82) is 0 Å². The number of aryl methyl sites for hydroxylation is 2. The van der Waals surface area contributed by atoms with Crippen LogP contribution < -0.4 is 15.6 Å². The number of nitrogens with zero attached hydrogens (tertiary/aromatic N) is 3. The first kappa shape index (κ1) is 19.1. The van der Waals surface area contributed by atoms with Gasteiger partial charge in [0.15, 0.2) is 0 Å². The summed E-state index contributed by atoms with van der Waals surface area (Å²) in [6.45, 7) is 4.20. The van der Waals surface area contributed by atoms with Gasteiger partial charge in [-0.1, -0.05) is 12.1 Å². The molecule has 3 heterocycles. The van der Waals surface area contributed by atoms with Crippen LogP contribution in [0.15, 0.2) is 41.5 Å². The van der Waals surface area contributed by atoms with Crippen molar-refractivity contribution in [3.63, 3.8) is 0 Å². The summed E-state index contributed by atoms with van der Waals surface area (Å²) in [4.78, 5) is 35.0. The van der Waals surface area contributed by atoms with E-state index in [1.54, 1.807) is 7.11 Å². The van der Waals surface area contributed by atoms with E-state index in [0.717, 1.165) is 32.8 Å². The molecule has 0 spiro atoms. The number of nitrogens with one attached hydrogen (secondary N) is 1. The zero-order valence-corrected chi connectivity index (χ0v) is 17.2. The fourth-order valence-corrected chi connectivity index (χ4v) is 4.47. The first-order valence-corrected chi connectivity index (χ1v) is 9.93.